The lowest BCUT2D eigenvalue weighted by Gasteiger charge is -2.47. The maximum Gasteiger partial charge on any atom is 0.407 e. The molecular weight excluding hydrogens is 518 g/mol. The van der Waals surface area contributed by atoms with E-state index in [1.54, 1.807) is 24.0 Å². The molecule has 3 unspecified atom stereocenters. The first kappa shape index (κ1) is 27.9. The molecule has 2 aromatic carbocycles. The van der Waals surface area contributed by atoms with Gasteiger partial charge in [0.25, 0.3) is 11.8 Å². The number of morpholine rings is 1. The van der Waals surface area contributed by atoms with E-state index < -0.39 is 30.3 Å². The highest BCUT2D eigenvalue weighted by atomic mass is 16.5. The maximum absolute atomic E-state index is 13.5. The van der Waals surface area contributed by atoms with Crippen LogP contribution in [0.2, 0.25) is 0 Å². The van der Waals surface area contributed by atoms with Crippen LogP contribution in [-0.2, 0) is 17.7 Å². The van der Waals surface area contributed by atoms with E-state index in [1.807, 2.05) is 24.3 Å². The summed E-state index contributed by atoms with van der Waals surface area (Å²) in [5.41, 5.74) is 2.43. The van der Waals surface area contributed by atoms with Crippen molar-refractivity contribution in [1.29, 1.82) is 0 Å². The van der Waals surface area contributed by atoms with Crippen molar-refractivity contribution >= 4 is 17.9 Å². The summed E-state index contributed by atoms with van der Waals surface area (Å²) >= 11 is 0. The van der Waals surface area contributed by atoms with Gasteiger partial charge in [-0.05, 0) is 55.5 Å². The number of carbonyl (C=O) groups excluding carboxylic acids is 2. The van der Waals surface area contributed by atoms with Crippen molar-refractivity contribution in [3.8, 4) is 5.75 Å². The van der Waals surface area contributed by atoms with Crippen molar-refractivity contribution in [2.24, 2.45) is 0 Å². The molecule has 0 radical (unpaired) electrons. The lowest BCUT2D eigenvalue weighted by Crippen LogP contribution is -2.60. The fraction of sp³-hybridized carbons (Fsp3) is 0.483. The molecule has 2 bridgehead atoms. The number of benzene rings is 2. The van der Waals surface area contributed by atoms with Crippen LogP contribution in [0.15, 0.2) is 42.5 Å². The third kappa shape index (κ3) is 5.63. The summed E-state index contributed by atoms with van der Waals surface area (Å²) in [4.78, 5) is 41.5. The zero-order valence-corrected chi connectivity index (χ0v) is 22.4. The van der Waals surface area contributed by atoms with Crippen LogP contribution >= 0.6 is 0 Å². The Hall–Kier alpha value is -3.67. The molecule has 2 fully saturated rings. The van der Waals surface area contributed by atoms with E-state index in [2.05, 4.69) is 5.32 Å². The summed E-state index contributed by atoms with van der Waals surface area (Å²) in [5.74, 6) is -0.483. The van der Waals surface area contributed by atoms with Gasteiger partial charge in [0.2, 0.25) is 0 Å². The van der Waals surface area contributed by atoms with Crippen molar-refractivity contribution in [3.63, 3.8) is 0 Å². The van der Waals surface area contributed by atoms with E-state index in [0.29, 0.717) is 38.0 Å². The number of aliphatic hydroxyl groups is 2. The average molecular weight is 554 g/mol. The van der Waals surface area contributed by atoms with E-state index in [0.717, 1.165) is 11.1 Å². The van der Waals surface area contributed by atoms with Crippen LogP contribution in [0.3, 0.4) is 0 Å². The predicted octanol–water partition coefficient (Wildman–Crippen LogP) is 1.65. The second kappa shape index (κ2) is 11.8. The molecule has 3 amide bonds. The smallest absolute Gasteiger partial charge is 0.407 e. The molecular formula is C29H35N3O8. The Morgan fingerprint density at radius 2 is 1.80 bits per heavy atom. The number of carbonyl (C=O) groups is 3. The van der Waals surface area contributed by atoms with Crippen molar-refractivity contribution in [1.82, 2.24) is 15.1 Å². The lowest BCUT2D eigenvalue weighted by molar-refractivity contribution is -0.0871. The van der Waals surface area contributed by atoms with Gasteiger partial charge in [-0.3, -0.25) is 14.5 Å². The zero-order chi connectivity index (χ0) is 28.4. The molecule has 2 aromatic rings. The molecule has 40 heavy (non-hydrogen) atoms. The van der Waals surface area contributed by atoms with Crippen LogP contribution < -0.4 is 10.1 Å². The van der Waals surface area contributed by atoms with Gasteiger partial charge in [-0.15, -0.1) is 0 Å². The molecule has 214 valence electrons. The molecule has 3 aliphatic rings. The SMILES string of the molecule is CCOc1cc(C(=O)N2C3COCC2CC(O)C3)ccc1C(=O)NC[C@@H](O)C1Cc2ccccc2CN1C(=O)O. The van der Waals surface area contributed by atoms with Crippen LogP contribution in [0.5, 0.6) is 5.75 Å². The molecule has 5 rings (SSSR count). The van der Waals surface area contributed by atoms with Crippen LogP contribution in [0.25, 0.3) is 0 Å². The summed E-state index contributed by atoms with van der Waals surface area (Å²) < 4.78 is 11.3. The van der Waals surface area contributed by atoms with Gasteiger partial charge >= 0.3 is 6.09 Å². The Morgan fingerprint density at radius 1 is 1.10 bits per heavy atom. The number of nitrogens with zero attached hydrogens (tertiary/aromatic N) is 2. The Kier molecular flexibility index (Phi) is 8.24. The first-order valence-electron chi connectivity index (χ1n) is 13.6. The van der Waals surface area contributed by atoms with Gasteiger partial charge in [-0.25, -0.2) is 4.79 Å². The predicted molar refractivity (Wildman–Crippen MR) is 143 cm³/mol. The Bertz CT molecular complexity index is 1260. The zero-order valence-electron chi connectivity index (χ0n) is 22.4. The van der Waals surface area contributed by atoms with Crippen molar-refractivity contribution < 1.29 is 39.2 Å². The molecule has 11 heteroatoms. The van der Waals surface area contributed by atoms with Crippen LogP contribution in [0, 0.1) is 0 Å². The molecule has 0 saturated carbocycles. The highest BCUT2D eigenvalue weighted by Gasteiger charge is 2.41. The Morgan fingerprint density at radius 3 is 2.48 bits per heavy atom. The number of hydrogen-bond donors (Lipinski definition) is 4. The van der Waals surface area contributed by atoms with E-state index in [-0.39, 0.29) is 49.0 Å². The van der Waals surface area contributed by atoms with Crippen molar-refractivity contribution in [2.45, 2.75) is 63.1 Å². The number of carboxylic acid groups (broad SMARTS) is 1. The normalized spacial score (nSPS) is 24.6. The minimum Gasteiger partial charge on any atom is -0.493 e. The first-order valence-corrected chi connectivity index (χ1v) is 13.6. The minimum absolute atomic E-state index is 0.162. The Balaban J connectivity index is 1.28. The van der Waals surface area contributed by atoms with Gasteiger partial charge in [-0.2, -0.15) is 0 Å². The van der Waals surface area contributed by atoms with E-state index in [1.165, 1.54) is 11.0 Å². The molecule has 0 aliphatic carbocycles. The van der Waals surface area contributed by atoms with E-state index in [4.69, 9.17) is 9.47 Å². The molecule has 2 saturated heterocycles. The molecule has 3 aliphatic heterocycles. The monoisotopic (exact) mass is 553 g/mol. The number of nitrogens with one attached hydrogen (secondary N) is 1. The number of fused-ring (bicyclic) bond motifs is 3. The van der Waals surface area contributed by atoms with Crippen LogP contribution in [0.4, 0.5) is 4.79 Å². The largest absolute Gasteiger partial charge is 0.493 e. The number of rotatable bonds is 7. The number of ether oxygens (including phenoxy) is 2. The maximum atomic E-state index is 13.5. The molecule has 0 spiro atoms. The molecule has 0 aromatic heterocycles. The van der Waals surface area contributed by atoms with Crippen LogP contribution in [0.1, 0.15) is 51.6 Å². The molecule has 11 nitrogen and oxygen atoms in total. The second-order valence-corrected chi connectivity index (χ2v) is 10.6. The van der Waals surface area contributed by atoms with Crippen molar-refractivity contribution in [2.75, 3.05) is 26.4 Å². The number of piperidine rings is 1. The first-order chi connectivity index (χ1) is 19.3. The molecule has 4 atom stereocenters. The summed E-state index contributed by atoms with van der Waals surface area (Å²) in [5, 5.41) is 33.5. The molecule has 4 N–H and O–H groups in total. The van der Waals surface area contributed by atoms with Gasteiger partial charge in [-0.1, -0.05) is 24.3 Å². The highest BCUT2D eigenvalue weighted by Crippen LogP contribution is 2.31. The topological polar surface area (TPSA) is 149 Å². The number of hydrogen-bond acceptors (Lipinski definition) is 7. The minimum atomic E-state index is -1.14. The number of amides is 3. The standard InChI is InChI=1S/C29H35N3O8/c1-2-40-26-10-18(28(36)32-20-11-22(33)12-21(32)16-39-15-20)7-8-23(26)27(35)30-13-25(34)24-9-17-5-3-4-6-19(17)14-31(24)29(37)38/h3-8,10,20-22,24-25,33-34H,2,9,11-16H2,1H3,(H,30,35)(H,37,38)/t20?,21?,22?,24?,25-/m1/s1. The van der Waals surface area contributed by atoms with Gasteiger partial charge < -0.3 is 35.0 Å². The average Bonchev–Trinajstić information content (AvgIpc) is 2.94. The van der Waals surface area contributed by atoms with Gasteiger partial charge in [0, 0.05) is 18.7 Å². The molecule has 3 heterocycles. The summed E-state index contributed by atoms with van der Waals surface area (Å²) in [6.45, 7) is 2.77. The summed E-state index contributed by atoms with van der Waals surface area (Å²) in [6, 6.07) is 11.0. The second-order valence-electron chi connectivity index (χ2n) is 10.6. The van der Waals surface area contributed by atoms with E-state index >= 15 is 0 Å². The van der Waals surface area contributed by atoms with Gasteiger partial charge in [0.1, 0.15) is 5.75 Å². The highest BCUT2D eigenvalue weighted by molar-refractivity contribution is 6.00. The van der Waals surface area contributed by atoms with E-state index in [9.17, 15) is 29.7 Å². The third-order valence-corrected chi connectivity index (χ3v) is 7.95. The quantitative estimate of drug-likeness (QED) is 0.405. The summed E-state index contributed by atoms with van der Waals surface area (Å²) in [6.07, 6.45) is -1.50. The fourth-order valence-electron chi connectivity index (χ4n) is 6.01. The lowest BCUT2D eigenvalue weighted by atomic mass is 9.91. The van der Waals surface area contributed by atoms with Gasteiger partial charge in [0.15, 0.2) is 0 Å². The Labute approximate surface area is 232 Å². The van der Waals surface area contributed by atoms with Gasteiger partial charge in [0.05, 0.1) is 55.7 Å². The van der Waals surface area contributed by atoms with Crippen LogP contribution in [-0.4, -0.2) is 99.7 Å². The number of aliphatic hydroxyl groups excluding tert-OH is 2. The third-order valence-electron chi connectivity index (χ3n) is 7.95. The fourth-order valence-corrected chi connectivity index (χ4v) is 6.01. The summed E-state index contributed by atoms with van der Waals surface area (Å²) in [7, 11) is 0. The van der Waals surface area contributed by atoms with Crippen molar-refractivity contribution in [3.05, 3.63) is 64.7 Å².